The van der Waals surface area contributed by atoms with Crippen molar-refractivity contribution < 1.29 is 27.5 Å². The van der Waals surface area contributed by atoms with Crippen molar-refractivity contribution in [2.45, 2.75) is 13.3 Å². The molecule has 0 aromatic heterocycles. The zero-order valence-corrected chi connectivity index (χ0v) is 15.0. The van der Waals surface area contributed by atoms with E-state index in [4.69, 9.17) is 5.73 Å². The minimum atomic E-state index is -4.75. The third-order valence-electron chi connectivity index (χ3n) is 4.20. The fraction of sp³-hybridized carbons (Fsp3) is 0.529. The number of benzene rings is 1. The molecule has 1 heterocycles. The number of carbonyl (C=O) groups excluding carboxylic acids is 2. The molecule has 0 spiro atoms. The second-order valence-corrected chi connectivity index (χ2v) is 6.36. The average molecular weight is 388 g/mol. The first-order valence-electron chi connectivity index (χ1n) is 8.55. The second-order valence-electron chi connectivity index (χ2n) is 6.36. The number of nitrogens with zero attached hydrogens (tertiary/aromatic N) is 2. The van der Waals surface area contributed by atoms with Gasteiger partial charge in [0.25, 0.3) is 0 Å². The van der Waals surface area contributed by atoms with E-state index in [1.807, 2.05) is 4.90 Å². The van der Waals surface area contributed by atoms with Crippen molar-refractivity contribution in [3.63, 3.8) is 0 Å². The molecule has 1 saturated heterocycles. The lowest BCUT2D eigenvalue weighted by Crippen LogP contribution is -2.52. The number of halogens is 3. The number of alkyl halides is 3. The SMILES string of the molecule is CC(CN)C(=O)N1CCN(CC(=O)Nc2ccc(OC(F)(F)F)cc2)CC1. The molecule has 1 aromatic rings. The maximum Gasteiger partial charge on any atom is 0.573 e. The van der Waals surface area contributed by atoms with Crippen LogP contribution in [0.1, 0.15) is 6.92 Å². The zero-order chi connectivity index (χ0) is 20.0. The number of amides is 2. The minimum absolute atomic E-state index is 0.0165. The van der Waals surface area contributed by atoms with Crippen LogP contribution in [0, 0.1) is 5.92 Å². The van der Waals surface area contributed by atoms with Crippen LogP contribution in [-0.2, 0) is 9.59 Å². The second kappa shape index (κ2) is 9.05. The van der Waals surface area contributed by atoms with E-state index >= 15 is 0 Å². The summed E-state index contributed by atoms with van der Waals surface area (Å²) in [7, 11) is 0. The Balaban J connectivity index is 1.77. The van der Waals surface area contributed by atoms with E-state index in [0.717, 1.165) is 12.1 Å². The van der Waals surface area contributed by atoms with Crippen molar-refractivity contribution in [1.82, 2.24) is 9.80 Å². The highest BCUT2D eigenvalue weighted by Crippen LogP contribution is 2.23. The van der Waals surface area contributed by atoms with E-state index in [1.54, 1.807) is 11.8 Å². The maximum absolute atomic E-state index is 12.1. The molecule has 1 atom stereocenters. The lowest BCUT2D eigenvalue weighted by atomic mass is 10.1. The molecule has 10 heteroatoms. The first kappa shape index (κ1) is 21.0. The molecule has 0 saturated carbocycles. The number of nitrogens with two attached hydrogens (primary N) is 1. The third kappa shape index (κ3) is 6.72. The molecule has 1 fully saturated rings. The molecule has 1 aromatic carbocycles. The fourth-order valence-corrected chi connectivity index (χ4v) is 2.68. The number of hydrogen-bond donors (Lipinski definition) is 2. The molecule has 0 aliphatic carbocycles. The summed E-state index contributed by atoms with van der Waals surface area (Å²) in [5.41, 5.74) is 5.89. The number of nitrogens with one attached hydrogen (secondary N) is 1. The van der Waals surface area contributed by atoms with Crippen LogP contribution in [-0.4, -0.2) is 67.2 Å². The van der Waals surface area contributed by atoms with Gasteiger partial charge in [0.15, 0.2) is 0 Å². The maximum atomic E-state index is 12.1. The van der Waals surface area contributed by atoms with E-state index in [-0.39, 0.29) is 30.0 Å². The Morgan fingerprint density at radius 1 is 1.19 bits per heavy atom. The molecule has 0 bridgehead atoms. The largest absolute Gasteiger partial charge is 0.573 e. The standard InChI is InChI=1S/C17H23F3N4O3/c1-12(10-21)16(26)24-8-6-23(7-9-24)11-15(25)22-13-2-4-14(5-3-13)27-17(18,19)20/h2-5,12H,6-11,21H2,1H3,(H,22,25). The molecule has 150 valence electrons. The van der Waals surface area contributed by atoms with Crippen LogP contribution >= 0.6 is 0 Å². The van der Waals surface area contributed by atoms with Crippen LogP contribution in [0.4, 0.5) is 18.9 Å². The van der Waals surface area contributed by atoms with E-state index in [2.05, 4.69) is 10.1 Å². The van der Waals surface area contributed by atoms with Gasteiger partial charge < -0.3 is 20.7 Å². The molecule has 1 aliphatic rings. The van der Waals surface area contributed by atoms with Crippen molar-refractivity contribution >= 4 is 17.5 Å². The molecule has 27 heavy (non-hydrogen) atoms. The molecule has 1 unspecified atom stereocenters. The summed E-state index contributed by atoms with van der Waals surface area (Å²) in [4.78, 5) is 27.8. The van der Waals surface area contributed by atoms with Gasteiger partial charge in [0.2, 0.25) is 11.8 Å². The number of anilines is 1. The van der Waals surface area contributed by atoms with Crippen molar-refractivity contribution in [3.8, 4) is 5.75 Å². The van der Waals surface area contributed by atoms with E-state index in [9.17, 15) is 22.8 Å². The molecular weight excluding hydrogens is 365 g/mol. The van der Waals surface area contributed by atoms with Gasteiger partial charge in [-0.25, -0.2) is 0 Å². The molecule has 1 aliphatic heterocycles. The Morgan fingerprint density at radius 3 is 2.30 bits per heavy atom. The van der Waals surface area contributed by atoms with Gasteiger partial charge in [-0.05, 0) is 24.3 Å². The van der Waals surface area contributed by atoms with Gasteiger partial charge in [0, 0.05) is 44.3 Å². The summed E-state index contributed by atoms with van der Waals surface area (Å²) in [5, 5.41) is 2.63. The summed E-state index contributed by atoms with van der Waals surface area (Å²) in [6.45, 7) is 4.40. The van der Waals surface area contributed by atoms with Crippen molar-refractivity contribution in [3.05, 3.63) is 24.3 Å². The number of ether oxygens (including phenoxy) is 1. The van der Waals surface area contributed by atoms with Gasteiger partial charge in [-0.2, -0.15) is 0 Å². The monoisotopic (exact) mass is 388 g/mol. The lowest BCUT2D eigenvalue weighted by Gasteiger charge is -2.35. The number of hydrogen-bond acceptors (Lipinski definition) is 5. The number of rotatable bonds is 6. The lowest BCUT2D eigenvalue weighted by molar-refractivity contribution is -0.274. The third-order valence-corrected chi connectivity index (χ3v) is 4.20. The van der Waals surface area contributed by atoms with E-state index < -0.39 is 6.36 Å². The highest BCUT2D eigenvalue weighted by Gasteiger charge is 2.31. The fourth-order valence-electron chi connectivity index (χ4n) is 2.68. The molecule has 2 amide bonds. The van der Waals surface area contributed by atoms with Crippen molar-refractivity contribution in [2.24, 2.45) is 11.7 Å². The predicted octanol–water partition coefficient (Wildman–Crippen LogP) is 1.26. The van der Waals surface area contributed by atoms with Gasteiger partial charge >= 0.3 is 6.36 Å². The van der Waals surface area contributed by atoms with Gasteiger partial charge in [-0.15, -0.1) is 13.2 Å². The van der Waals surface area contributed by atoms with Gasteiger partial charge in [-0.3, -0.25) is 14.5 Å². The predicted molar refractivity (Wildman–Crippen MR) is 93.0 cm³/mol. The first-order chi connectivity index (χ1) is 12.7. The highest BCUT2D eigenvalue weighted by molar-refractivity contribution is 5.92. The molecule has 0 radical (unpaired) electrons. The molecule has 3 N–H and O–H groups in total. The quantitative estimate of drug-likeness (QED) is 0.766. The van der Waals surface area contributed by atoms with E-state index in [1.165, 1.54) is 12.1 Å². The van der Waals surface area contributed by atoms with Crippen LogP contribution < -0.4 is 15.8 Å². The normalized spacial score (nSPS) is 16.7. The number of carbonyl (C=O) groups is 2. The Hall–Kier alpha value is -2.33. The summed E-state index contributed by atoms with van der Waals surface area (Å²) >= 11 is 0. The minimum Gasteiger partial charge on any atom is -0.406 e. The van der Waals surface area contributed by atoms with Crippen molar-refractivity contribution in [1.29, 1.82) is 0 Å². The Kier molecular flexibility index (Phi) is 7.03. The van der Waals surface area contributed by atoms with Crippen LogP contribution in [0.15, 0.2) is 24.3 Å². The van der Waals surface area contributed by atoms with Crippen LogP contribution in [0.5, 0.6) is 5.75 Å². The van der Waals surface area contributed by atoms with Crippen molar-refractivity contribution in [2.75, 3.05) is 44.6 Å². The van der Waals surface area contributed by atoms with Crippen LogP contribution in [0.3, 0.4) is 0 Å². The average Bonchev–Trinajstić information content (AvgIpc) is 2.61. The zero-order valence-electron chi connectivity index (χ0n) is 15.0. The molecule has 2 rings (SSSR count). The molecule has 7 nitrogen and oxygen atoms in total. The summed E-state index contributed by atoms with van der Waals surface area (Å²) in [5.74, 6) is -0.838. The van der Waals surface area contributed by atoms with Gasteiger partial charge in [0.1, 0.15) is 5.75 Å². The number of piperazine rings is 1. The Morgan fingerprint density at radius 2 is 1.78 bits per heavy atom. The Labute approximate surface area is 155 Å². The van der Waals surface area contributed by atoms with Gasteiger partial charge in [-0.1, -0.05) is 6.92 Å². The smallest absolute Gasteiger partial charge is 0.406 e. The summed E-state index contributed by atoms with van der Waals surface area (Å²) in [6.07, 6.45) is -4.75. The summed E-state index contributed by atoms with van der Waals surface area (Å²) in [6, 6.07) is 4.94. The Bertz CT molecular complexity index is 644. The van der Waals surface area contributed by atoms with Gasteiger partial charge in [0.05, 0.1) is 6.54 Å². The van der Waals surface area contributed by atoms with Crippen LogP contribution in [0.25, 0.3) is 0 Å². The molecular formula is C17H23F3N4O3. The summed E-state index contributed by atoms with van der Waals surface area (Å²) < 4.78 is 40.2. The van der Waals surface area contributed by atoms with E-state index in [0.29, 0.717) is 38.4 Å². The highest BCUT2D eigenvalue weighted by atomic mass is 19.4. The van der Waals surface area contributed by atoms with Crippen LogP contribution in [0.2, 0.25) is 0 Å². The topological polar surface area (TPSA) is 87.9 Å². The first-order valence-corrected chi connectivity index (χ1v) is 8.55.